The van der Waals surface area contributed by atoms with Gasteiger partial charge in [0.05, 0.1) is 26.4 Å². The smallest absolute Gasteiger partial charge is 0.462 e. The van der Waals surface area contributed by atoms with E-state index >= 15 is 0 Å². The second-order valence-electron chi connectivity index (χ2n) is 23.6. The van der Waals surface area contributed by atoms with Gasteiger partial charge in [0.15, 0.2) is 12.2 Å². The number of esters is 4. The molecule has 0 radical (unpaired) electrons. The van der Waals surface area contributed by atoms with E-state index in [1.54, 1.807) is 0 Å². The molecule has 5 atom stereocenters. The predicted octanol–water partition coefficient (Wildman–Crippen LogP) is 17.8. The lowest BCUT2D eigenvalue weighted by atomic mass is 10.0. The van der Waals surface area contributed by atoms with Crippen LogP contribution in [0, 0.1) is 5.92 Å². The number of carbonyl (C=O) groups excluding carboxylic acids is 4. The molecule has 0 aromatic carbocycles. The Morgan fingerprint density at radius 3 is 0.819 bits per heavy atom. The van der Waals surface area contributed by atoms with Crippen molar-refractivity contribution in [2.45, 2.75) is 342 Å². The average Bonchev–Trinajstić information content (AvgIpc) is 3.50. The molecule has 0 aliphatic carbocycles. The number of phosphoric ester groups is 2. The Labute approximate surface area is 505 Å². The minimum atomic E-state index is -4.94. The Bertz CT molecular complexity index is 1620. The van der Waals surface area contributed by atoms with E-state index in [0.717, 1.165) is 102 Å². The average molecular weight is 1230 g/mol. The summed E-state index contributed by atoms with van der Waals surface area (Å²) in [5.74, 6) is -1.39. The molecular formula is C64H124O17P2. The van der Waals surface area contributed by atoms with Crippen LogP contribution >= 0.6 is 15.6 Å². The van der Waals surface area contributed by atoms with Crippen molar-refractivity contribution in [3.05, 3.63) is 0 Å². The van der Waals surface area contributed by atoms with E-state index in [-0.39, 0.29) is 25.7 Å². The van der Waals surface area contributed by atoms with E-state index in [0.29, 0.717) is 25.7 Å². The third kappa shape index (κ3) is 58.8. The van der Waals surface area contributed by atoms with Gasteiger partial charge in [0.2, 0.25) is 0 Å². The monoisotopic (exact) mass is 1230 g/mol. The molecule has 17 nitrogen and oxygen atoms in total. The third-order valence-electron chi connectivity index (χ3n) is 14.8. The summed E-state index contributed by atoms with van der Waals surface area (Å²) in [6, 6.07) is 0. The van der Waals surface area contributed by atoms with Crippen LogP contribution < -0.4 is 0 Å². The zero-order chi connectivity index (χ0) is 61.3. The number of unbranched alkanes of at least 4 members (excludes halogenated alkanes) is 36. The van der Waals surface area contributed by atoms with Crippen LogP contribution in [-0.2, 0) is 65.4 Å². The molecule has 0 saturated carbocycles. The van der Waals surface area contributed by atoms with Crippen molar-refractivity contribution >= 4 is 39.5 Å². The van der Waals surface area contributed by atoms with Gasteiger partial charge < -0.3 is 33.8 Å². The van der Waals surface area contributed by atoms with Crippen molar-refractivity contribution in [1.82, 2.24) is 0 Å². The van der Waals surface area contributed by atoms with Crippen molar-refractivity contribution in [3.63, 3.8) is 0 Å². The molecule has 0 aliphatic rings. The zero-order valence-corrected chi connectivity index (χ0v) is 55.1. The molecule has 0 heterocycles. The Morgan fingerprint density at radius 2 is 0.554 bits per heavy atom. The van der Waals surface area contributed by atoms with E-state index in [2.05, 4.69) is 34.6 Å². The van der Waals surface area contributed by atoms with Crippen molar-refractivity contribution in [1.29, 1.82) is 0 Å². The highest BCUT2D eigenvalue weighted by Gasteiger charge is 2.30. The maximum atomic E-state index is 13.0. The highest BCUT2D eigenvalue weighted by Crippen LogP contribution is 2.45. The molecule has 0 fully saturated rings. The normalized spacial score (nSPS) is 14.2. The largest absolute Gasteiger partial charge is 0.472 e. The third-order valence-corrected chi connectivity index (χ3v) is 16.7. The molecule has 0 bridgehead atoms. The van der Waals surface area contributed by atoms with E-state index in [4.69, 9.17) is 37.0 Å². The van der Waals surface area contributed by atoms with Crippen molar-refractivity contribution in [3.8, 4) is 0 Å². The molecule has 0 aromatic heterocycles. The Kier molecular flexibility index (Phi) is 56.4. The van der Waals surface area contributed by atoms with Crippen LogP contribution in [0.5, 0.6) is 0 Å². The minimum absolute atomic E-state index is 0.106. The summed E-state index contributed by atoms with van der Waals surface area (Å²) in [6.45, 7) is 7.11. The van der Waals surface area contributed by atoms with Crippen LogP contribution in [0.4, 0.5) is 0 Å². The van der Waals surface area contributed by atoms with Crippen molar-refractivity contribution < 1.29 is 80.2 Å². The molecule has 2 unspecified atom stereocenters. The van der Waals surface area contributed by atoms with Gasteiger partial charge in [0.1, 0.15) is 19.3 Å². The molecule has 0 saturated heterocycles. The maximum Gasteiger partial charge on any atom is 0.472 e. The Morgan fingerprint density at radius 1 is 0.325 bits per heavy atom. The van der Waals surface area contributed by atoms with Gasteiger partial charge in [-0.15, -0.1) is 0 Å². The van der Waals surface area contributed by atoms with Crippen LogP contribution in [0.2, 0.25) is 0 Å². The molecule has 19 heteroatoms. The van der Waals surface area contributed by atoms with Gasteiger partial charge >= 0.3 is 39.5 Å². The lowest BCUT2D eigenvalue weighted by Gasteiger charge is -2.21. The quantitative estimate of drug-likeness (QED) is 0.0222. The first kappa shape index (κ1) is 81.1. The van der Waals surface area contributed by atoms with Crippen LogP contribution in [0.25, 0.3) is 0 Å². The molecule has 492 valence electrons. The second kappa shape index (κ2) is 57.8. The summed E-state index contributed by atoms with van der Waals surface area (Å²) in [7, 11) is -9.88. The van der Waals surface area contributed by atoms with Crippen LogP contribution in [0.3, 0.4) is 0 Å². The summed E-state index contributed by atoms with van der Waals surface area (Å²) in [4.78, 5) is 72.0. The highest BCUT2D eigenvalue weighted by molar-refractivity contribution is 7.47. The van der Waals surface area contributed by atoms with Crippen molar-refractivity contribution in [2.24, 2.45) is 5.92 Å². The summed E-state index contributed by atoms with van der Waals surface area (Å²) >= 11 is 0. The fourth-order valence-electron chi connectivity index (χ4n) is 9.58. The molecule has 0 spiro atoms. The Hall–Kier alpha value is -1.94. The molecule has 0 rings (SSSR count). The van der Waals surface area contributed by atoms with Crippen molar-refractivity contribution in [2.75, 3.05) is 39.6 Å². The lowest BCUT2D eigenvalue weighted by molar-refractivity contribution is -0.161. The fraction of sp³-hybridized carbons (Fsp3) is 0.938. The lowest BCUT2D eigenvalue weighted by Crippen LogP contribution is -2.30. The van der Waals surface area contributed by atoms with E-state index in [1.165, 1.54) is 141 Å². The topological polar surface area (TPSA) is 237 Å². The number of phosphoric acid groups is 2. The predicted molar refractivity (Wildman–Crippen MR) is 331 cm³/mol. The number of aliphatic hydroxyl groups excluding tert-OH is 1. The molecule has 0 aromatic rings. The van der Waals surface area contributed by atoms with Gasteiger partial charge in [-0.1, -0.05) is 272 Å². The van der Waals surface area contributed by atoms with E-state index in [9.17, 15) is 43.2 Å². The molecule has 3 N–H and O–H groups in total. The summed E-state index contributed by atoms with van der Waals surface area (Å²) < 4.78 is 67.8. The SMILES string of the molecule is CCCCCCCCCCCCCCCC(=O)OC[C@H](COP(=O)(O)OC[C@@H](O)COP(=O)(O)OC[C@@H](COC(=O)CCCCCCC)OC(=O)CCCCCCCCCCCCCC)OC(=O)CCCCCCCCCCCCC(C)C. The van der Waals surface area contributed by atoms with Gasteiger partial charge in [-0.2, -0.15) is 0 Å². The number of rotatable bonds is 64. The molecule has 0 amide bonds. The van der Waals surface area contributed by atoms with Gasteiger partial charge in [0, 0.05) is 25.7 Å². The maximum absolute atomic E-state index is 13.0. The van der Waals surface area contributed by atoms with Gasteiger partial charge in [-0.05, 0) is 31.6 Å². The first-order valence-corrected chi connectivity index (χ1v) is 36.6. The summed E-state index contributed by atoms with van der Waals surface area (Å²) in [6.07, 6.45) is 41.9. The van der Waals surface area contributed by atoms with Crippen LogP contribution in [0.1, 0.15) is 324 Å². The number of ether oxygens (including phenoxy) is 4. The fourth-order valence-corrected chi connectivity index (χ4v) is 11.2. The number of aliphatic hydroxyl groups is 1. The molecular weight excluding hydrogens is 1100 g/mol. The van der Waals surface area contributed by atoms with Gasteiger partial charge in [0.25, 0.3) is 0 Å². The minimum Gasteiger partial charge on any atom is -0.462 e. The van der Waals surface area contributed by atoms with E-state index in [1.807, 2.05) is 0 Å². The standard InChI is InChI=1S/C64H124O17P2/c1-6-9-12-15-17-19-21-23-25-29-33-38-43-48-62(67)75-54-60(81-64(69)50-45-40-35-31-27-26-28-32-37-41-46-57(4)5)56-79-83(72,73)77-52-58(65)51-76-82(70,71)78-55-59(53-74-61(66)47-42-36-14-11-8-3)80-63(68)49-44-39-34-30-24-22-20-18-16-13-10-7-2/h57-60,65H,6-56H2,1-5H3,(H,70,71)(H,72,73)/t58-,59+,60+/m0/s1. The number of carbonyl (C=O) groups is 4. The molecule has 0 aliphatic heterocycles. The number of hydrogen-bond donors (Lipinski definition) is 3. The van der Waals surface area contributed by atoms with Gasteiger partial charge in [-0.25, -0.2) is 9.13 Å². The van der Waals surface area contributed by atoms with E-state index < -0.39 is 97.5 Å². The second-order valence-corrected chi connectivity index (χ2v) is 26.5. The van der Waals surface area contributed by atoms with Crippen LogP contribution in [-0.4, -0.2) is 96.7 Å². The Balaban J connectivity index is 5.17. The van der Waals surface area contributed by atoms with Crippen LogP contribution in [0.15, 0.2) is 0 Å². The van der Waals surface area contributed by atoms with Gasteiger partial charge in [-0.3, -0.25) is 37.3 Å². The molecule has 83 heavy (non-hydrogen) atoms. The summed E-state index contributed by atoms with van der Waals surface area (Å²) in [5, 5.41) is 10.5. The summed E-state index contributed by atoms with van der Waals surface area (Å²) in [5.41, 5.74) is 0. The number of hydrogen-bond acceptors (Lipinski definition) is 15. The highest BCUT2D eigenvalue weighted by atomic mass is 31.2. The zero-order valence-electron chi connectivity index (χ0n) is 53.3. The first-order valence-electron chi connectivity index (χ1n) is 33.6. The first-order chi connectivity index (χ1) is 40.0.